The molecule has 7 N–H and O–H groups in total. The van der Waals surface area contributed by atoms with E-state index in [-0.39, 0.29) is 18.1 Å². The number of anilines is 1. The predicted molar refractivity (Wildman–Crippen MR) is 61.4 cm³/mol. The summed E-state index contributed by atoms with van der Waals surface area (Å²) in [4.78, 5) is 14.8. The summed E-state index contributed by atoms with van der Waals surface area (Å²) in [6.07, 6.45) is -0.453. The first-order valence-corrected chi connectivity index (χ1v) is 5.56. The molecule has 1 aliphatic carbocycles. The van der Waals surface area contributed by atoms with Gasteiger partial charge in [-0.2, -0.15) is 0 Å². The zero-order chi connectivity index (χ0) is 13.4. The Balaban J connectivity index is 2.30. The number of carbonyl (C=O) groups excluding carboxylic acids is 1. The fourth-order valence-corrected chi connectivity index (χ4v) is 2.38. The van der Waals surface area contributed by atoms with Crippen LogP contribution in [0.4, 0.5) is 5.82 Å². The molecule has 18 heavy (non-hydrogen) atoms. The molecule has 0 radical (unpaired) electrons. The monoisotopic (exact) mass is 256 g/mol. The molecule has 0 saturated heterocycles. The van der Waals surface area contributed by atoms with Crippen LogP contribution in [0, 0.1) is 5.92 Å². The van der Waals surface area contributed by atoms with Crippen molar-refractivity contribution in [2.24, 2.45) is 11.7 Å². The average molecular weight is 256 g/mol. The molecule has 1 aliphatic rings. The number of aliphatic hydroxyl groups is 3. The standard InChI is InChI=1S/C10H16N4O4/c11-9-6(10(12)18)13-3-14(9)5-1-4(2-15)7(16)8(5)17/h3-5,7-8,15-17H,1-2,11H2,(H2,12,18). The van der Waals surface area contributed by atoms with Gasteiger partial charge in [-0.3, -0.25) is 4.79 Å². The quantitative estimate of drug-likeness (QED) is 0.416. The minimum Gasteiger partial charge on any atom is -0.396 e. The lowest BCUT2D eigenvalue weighted by Gasteiger charge is -2.18. The van der Waals surface area contributed by atoms with Gasteiger partial charge in [0.05, 0.1) is 18.5 Å². The summed E-state index contributed by atoms with van der Waals surface area (Å²) in [5.74, 6) is -1.13. The van der Waals surface area contributed by atoms with E-state index in [9.17, 15) is 15.0 Å². The van der Waals surface area contributed by atoms with Crippen molar-refractivity contribution in [3.63, 3.8) is 0 Å². The molecule has 1 amide bonds. The highest BCUT2D eigenvalue weighted by molar-refractivity contribution is 5.95. The Morgan fingerprint density at radius 3 is 2.61 bits per heavy atom. The number of hydrogen-bond acceptors (Lipinski definition) is 6. The molecule has 1 fully saturated rings. The van der Waals surface area contributed by atoms with Crippen molar-refractivity contribution in [1.29, 1.82) is 0 Å². The second-order valence-corrected chi connectivity index (χ2v) is 4.48. The number of rotatable bonds is 3. The Hall–Kier alpha value is -1.64. The fourth-order valence-electron chi connectivity index (χ4n) is 2.38. The second-order valence-electron chi connectivity index (χ2n) is 4.48. The van der Waals surface area contributed by atoms with Crippen LogP contribution < -0.4 is 11.5 Å². The molecule has 8 nitrogen and oxygen atoms in total. The van der Waals surface area contributed by atoms with E-state index < -0.39 is 30.1 Å². The van der Waals surface area contributed by atoms with Crippen molar-refractivity contribution in [1.82, 2.24) is 9.55 Å². The zero-order valence-corrected chi connectivity index (χ0v) is 9.60. The highest BCUT2D eigenvalue weighted by Gasteiger charge is 2.42. The third-order valence-corrected chi connectivity index (χ3v) is 3.43. The highest BCUT2D eigenvalue weighted by atomic mass is 16.3. The Kier molecular flexibility index (Phi) is 3.24. The third kappa shape index (κ3) is 1.84. The molecule has 100 valence electrons. The van der Waals surface area contributed by atoms with E-state index in [2.05, 4.69) is 4.98 Å². The van der Waals surface area contributed by atoms with E-state index in [1.807, 2.05) is 0 Å². The molecule has 0 bridgehead atoms. The number of nitrogen functional groups attached to an aromatic ring is 1. The molecule has 1 aromatic heterocycles. The van der Waals surface area contributed by atoms with Crippen LogP contribution >= 0.6 is 0 Å². The number of aromatic nitrogens is 2. The van der Waals surface area contributed by atoms with Crippen LogP contribution in [0.2, 0.25) is 0 Å². The van der Waals surface area contributed by atoms with Crippen molar-refractivity contribution < 1.29 is 20.1 Å². The molecule has 1 saturated carbocycles. The topological polar surface area (TPSA) is 148 Å². The molecule has 4 atom stereocenters. The smallest absolute Gasteiger partial charge is 0.271 e. The maximum absolute atomic E-state index is 11.0. The number of primary amides is 1. The number of aliphatic hydroxyl groups excluding tert-OH is 3. The lowest BCUT2D eigenvalue weighted by molar-refractivity contribution is -0.00385. The lowest BCUT2D eigenvalue weighted by Crippen LogP contribution is -2.30. The van der Waals surface area contributed by atoms with E-state index in [4.69, 9.17) is 16.6 Å². The van der Waals surface area contributed by atoms with Crippen LogP contribution in [0.25, 0.3) is 0 Å². The van der Waals surface area contributed by atoms with Gasteiger partial charge in [0.25, 0.3) is 5.91 Å². The van der Waals surface area contributed by atoms with Gasteiger partial charge in [0.1, 0.15) is 11.9 Å². The van der Waals surface area contributed by atoms with Crippen molar-refractivity contribution in [3.05, 3.63) is 12.0 Å². The maximum atomic E-state index is 11.0. The summed E-state index contributed by atoms with van der Waals surface area (Å²) >= 11 is 0. The normalized spacial score (nSPS) is 31.7. The Labute approximate surface area is 103 Å². The molecule has 8 heteroatoms. The van der Waals surface area contributed by atoms with Crippen LogP contribution in [-0.4, -0.2) is 49.6 Å². The number of nitrogens with two attached hydrogens (primary N) is 2. The van der Waals surface area contributed by atoms with Crippen LogP contribution in [0.1, 0.15) is 23.0 Å². The molecule has 0 aliphatic heterocycles. The fraction of sp³-hybridized carbons (Fsp3) is 0.600. The van der Waals surface area contributed by atoms with E-state index >= 15 is 0 Å². The molecule has 0 spiro atoms. The maximum Gasteiger partial charge on any atom is 0.271 e. The van der Waals surface area contributed by atoms with Crippen LogP contribution in [-0.2, 0) is 0 Å². The number of nitrogens with zero attached hydrogens (tertiary/aromatic N) is 2. The number of hydrogen-bond donors (Lipinski definition) is 5. The molecule has 0 aromatic carbocycles. The van der Waals surface area contributed by atoms with Crippen molar-refractivity contribution >= 4 is 11.7 Å². The summed E-state index contributed by atoms with van der Waals surface area (Å²) < 4.78 is 1.41. The Bertz CT molecular complexity index is 461. The lowest BCUT2D eigenvalue weighted by atomic mass is 10.1. The SMILES string of the molecule is NC(=O)c1ncn(C2CC(CO)C(O)C2O)c1N. The molecule has 4 unspecified atom stereocenters. The van der Waals surface area contributed by atoms with Crippen LogP contribution in [0.3, 0.4) is 0 Å². The second kappa shape index (κ2) is 4.56. The summed E-state index contributed by atoms with van der Waals surface area (Å²) in [6, 6.07) is -0.530. The summed E-state index contributed by atoms with van der Waals surface area (Å²) in [5.41, 5.74) is 10.8. The predicted octanol–water partition coefficient (Wildman–Crippen LogP) is -2.16. The first kappa shape index (κ1) is 12.8. The molecular weight excluding hydrogens is 240 g/mol. The van der Waals surface area contributed by atoms with Crippen molar-refractivity contribution in [2.45, 2.75) is 24.7 Å². The minimum atomic E-state index is -1.07. The van der Waals surface area contributed by atoms with Gasteiger partial charge in [0.15, 0.2) is 5.69 Å². The van der Waals surface area contributed by atoms with Crippen molar-refractivity contribution in [3.8, 4) is 0 Å². The number of imidazole rings is 1. The van der Waals surface area contributed by atoms with E-state index in [1.54, 1.807) is 0 Å². The first-order valence-electron chi connectivity index (χ1n) is 5.56. The van der Waals surface area contributed by atoms with Crippen LogP contribution in [0.5, 0.6) is 0 Å². The minimum absolute atomic E-state index is 0.0531. The summed E-state index contributed by atoms with van der Waals surface area (Å²) in [6.45, 7) is -0.230. The molecule has 1 heterocycles. The van der Waals surface area contributed by atoms with E-state index in [0.29, 0.717) is 6.42 Å². The third-order valence-electron chi connectivity index (χ3n) is 3.43. The van der Waals surface area contributed by atoms with Crippen molar-refractivity contribution in [2.75, 3.05) is 12.3 Å². The number of amides is 1. The zero-order valence-electron chi connectivity index (χ0n) is 9.60. The first-order chi connectivity index (χ1) is 8.47. The molecule has 1 aromatic rings. The molecular formula is C10H16N4O4. The molecule has 2 rings (SSSR count). The number of carbonyl (C=O) groups is 1. The largest absolute Gasteiger partial charge is 0.396 e. The van der Waals surface area contributed by atoms with Gasteiger partial charge < -0.3 is 31.4 Å². The Morgan fingerprint density at radius 2 is 2.17 bits per heavy atom. The van der Waals surface area contributed by atoms with E-state index in [1.165, 1.54) is 10.9 Å². The van der Waals surface area contributed by atoms with Gasteiger partial charge >= 0.3 is 0 Å². The summed E-state index contributed by atoms with van der Waals surface area (Å²) in [5, 5.41) is 28.7. The van der Waals surface area contributed by atoms with Crippen LogP contribution in [0.15, 0.2) is 6.33 Å². The van der Waals surface area contributed by atoms with Gasteiger partial charge in [0.2, 0.25) is 0 Å². The highest BCUT2D eigenvalue weighted by Crippen LogP contribution is 2.36. The van der Waals surface area contributed by atoms with Gasteiger partial charge in [-0.25, -0.2) is 4.98 Å². The van der Waals surface area contributed by atoms with Gasteiger partial charge in [0, 0.05) is 12.5 Å². The van der Waals surface area contributed by atoms with Gasteiger partial charge in [-0.1, -0.05) is 0 Å². The van der Waals surface area contributed by atoms with Gasteiger partial charge in [-0.15, -0.1) is 0 Å². The van der Waals surface area contributed by atoms with E-state index in [0.717, 1.165) is 0 Å². The Morgan fingerprint density at radius 1 is 1.50 bits per heavy atom. The average Bonchev–Trinajstić information content (AvgIpc) is 2.82. The van der Waals surface area contributed by atoms with Gasteiger partial charge in [-0.05, 0) is 6.42 Å². The summed E-state index contributed by atoms with van der Waals surface area (Å²) in [7, 11) is 0.